The molecule has 1 aliphatic rings. The highest BCUT2D eigenvalue weighted by Gasteiger charge is 2.14. The Balaban J connectivity index is 2.08. The van der Waals surface area contributed by atoms with E-state index in [9.17, 15) is 4.79 Å². The van der Waals surface area contributed by atoms with Gasteiger partial charge in [-0.1, -0.05) is 5.92 Å². The lowest BCUT2D eigenvalue weighted by Crippen LogP contribution is -2.29. The molecule has 0 aliphatic carbocycles. The fourth-order valence-electron chi connectivity index (χ4n) is 1.30. The van der Waals surface area contributed by atoms with Crippen molar-refractivity contribution in [3.63, 3.8) is 0 Å². The van der Waals surface area contributed by atoms with Crippen LogP contribution in [-0.4, -0.2) is 25.5 Å². The summed E-state index contributed by atoms with van der Waals surface area (Å²) in [7, 11) is 0. The summed E-state index contributed by atoms with van der Waals surface area (Å²) < 4.78 is 0. The summed E-state index contributed by atoms with van der Waals surface area (Å²) in [6, 6.07) is 0. The van der Waals surface area contributed by atoms with Gasteiger partial charge in [-0.2, -0.15) is 0 Å². The predicted molar refractivity (Wildman–Crippen MR) is 47.4 cm³/mol. The number of rotatable bonds is 3. The Labute approximate surface area is 72.9 Å². The lowest BCUT2D eigenvalue weighted by atomic mass is 10.1. The molecule has 0 aromatic heterocycles. The second kappa shape index (κ2) is 4.78. The molecule has 1 atom stereocenters. The smallest absolute Gasteiger partial charge is 0.232 e. The predicted octanol–water partition coefficient (Wildman–Crippen LogP) is -0.265. The second-order valence-corrected chi connectivity index (χ2v) is 3.04. The van der Waals surface area contributed by atoms with Crippen LogP contribution in [0.25, 0.3) is 0 Å². The lowest BCUT2D eigenvalue weighted by Gasteiger charge is -2.08. The zero-order valence-electron chi connectivity index (χ0n) is 7.10. The Hall–Kier alpha value is -1.01. The maximum Gasteiger partial charge on any atom is 0.232 e. The van der Waals surface area contributed by atoms with Gasteiger partial charge in [0, 0.05) is 6.54 Å². The minimum atomic E-state index is -0.0376. The molecule has 0 bridgehead atoms. The van der Waals surface area contributed by atoms with Crippen LogP contribution < -0.4 is 10.6 Å². The Morgan fingerprint density at radius 2 is 2.58 bits per heavy atom. The molecule has 0 saturated carbocycles. The summed E-state index contributed by atoms with van der Waals surface area (Å²) >= 11 is 0. The molecule has 1 rings (SSSR count). The van der Waals surface area contributed by atoms with E-state index >= 15 is 0 Å². The van der Waals surface area contributed by atoms with E-state index in [4.69, 9.17) is 6.42 Å². The molecular formula is C9H14N2O. The van der Waals surface area contributed by atoms with Crippen molar-refractivity contribution in [2.45, 2.75) is 12.8 Å². The lowest BCUT2D eigenvalue weighted by molar-refractivity contribution is -0.120. The molecule has 12 heavy (non-hydrogen) atoms. The van der Waals surface area contributed by atoms with E-state index in [0.29, 0.717) is 5.92 Å². The number of hydrogen-bond donors (Lipinski definition) is 2. The first-order chi connectivity index (χ1) is 5.83. The molecule has 1 amide bonds. The first-order valence-electron chi connectivity index (χ1n) is 4.24. The third-order valence-electron chi connectivity index (χ3n) is 2.01. The van der Waals surface area contributed by atoms with Gasteiger partial charge in [-0.15, -0.1) is 6.42 Å². The molecule has 0 spiro atoms. The molecule has 1 unspecified atom stereocenters. The van der Waals surface area contributed by atoms with E-state index in [-0.39, 0.29) is 12.3 Å². The molecule has 3 heteroatoms. The van der Waals surface area contributed by atoms with E-state index in [1.165, 1.54) is 0 Å². The highest BCUT2D eigenvalue weighted by Crippen LogP contribution is 2.04. The Morgan fingerprint density at radius 3 is 3.17 bits per heavy atom. The monoisotopic (exact) mass is 166 g/mol. The van der Waals surface area contributed by atoms with E-state index in [2.05, 4.69) is 16.6 Å². The summed E-state index contributed by atoms with van der Waals surface area (Å²) in [5.74, 6) is 2.87. The summed E-state index contributed by atoms with van der Waals surface area (Å²) in [6.07, 6.45) is 6.33. The number of nitrogens with one attached hydrogen (secondary N) is 2. The van der Waals surface area contributed by atoms with Crippen LogP contribution in [-0.2, 0) is 4.79 Å². The maximum absolute atomic E-state index is 10.9. The molecule has 2 N–H and O–H groups in total. The molecule has 0 aromatic rings. The van der Waals surface area contributed by atoms with Crippen LogP contribution in [0.1, 0.15) is 12.8 Å². The Bertz CT molecular complexity index is 189. The van der Waals surface area contributed by atoms with Crippen LogP contribution in [0.5, 0.6) is 0 Å². The minimum Gasteiger partial charge on any atom is -0.355 e. The van der Waals surface area contributed by atoms with Gasteiger partial charge in [0.2, 0.25) is 5.91 Å². The van der Waals surface area contributed by atoms with Gasteiger partial charge in [-0.25, -0.2) is 0 Å². The van der Waals surface area contributed by atoms with Crippen LogP contribution in [0.15, 0.2) is 0 Å². The molecule has 1 fully saturated rings. The zero-order valence-corrected chi connectivity index (χ0v) is 7.10. The van der Waals surface area contributed by atoms with Crippen molar-refractivity contribution in [3.05, 3.63) is 0 Å². The number of carbonyl (C=O) groups is 1. The summed E-state index contributed by atoms with van der Waals surface area (Å²) in [6.45, 7) is 2.83. The van der Waals surface area contributed by atoms with Gasteiger partial charge in [-0.05, 0) is 25.4 Å². The summed E-state index contributed by atoms with van der Waals surface area (Å²) in [4.78, 5) is 10.9. The van der Waals surface area contributed by atoms with Crippen molar-refractivity contribution in [2.75, 3.05) is 19.6 Å². The SMILES string of the molecule is C#CCC(=O)NCC1CCNC1. The van der Waals surface area contributed by atoms with Crippen LogP contribution in [0.3, 0.4) is 0 Å². The van der Waals surface area contributed by atoms with Crippen molar-refractivity contribution < 1.29 is 4.79 Å². The molecule has 1 saturated heterocycles. The van der Waals surface area contributed by atoms with Gasteiger partial charge < -0.3 is 10.6 Å². The normalized spacial score (nSPS) is 21.8. The summed E-state index contributed by atoms with van der Waals surface area (Å²) in [5.41, 5.74) is 0. The van der Waals surface area contributed by atoms with Crippen LogP contribution in [0.2, 0.25) is 0 Å². The van der Waals surface area contributed by atoms with Crippen LogP contribution in [0, 0.1) is 18.3 Å². The molecule has 1 heterocycles. The van der Waals surface area contributed by atoms with Gasteiger partial charge >= 0.3 is 0 Å². The average molecular weight is 166 g/mol. The van der Waals surface area contributed by atoms with Crippen LogP contribution in [0.4, 0.5) is 0 Å². The van der Waals surface area contributed by atoms with Gasteiger partial charge in [0.1, 0.15) is 0 Å². The highest BCUT2D eigenvalue weighted by molar-refractivity contribution is 5.78. The average Bonchev–Trinajstić information content (AvgIpc) is 2.53. The van der Waals surface area contributed by atoms with Crippen molar-refractivity contribution in [3.8, 4) is 12.3 Å². The zero-order chi connectivity index (χ0) is 8.81. The first kappa shape index (κ1) is 9.08. The largest absolute Gasteiger partial charge is 0.355 e. The van der Waals surface area contributed by atoms with E-state index in [1.54, 1.807) is 0 Å². The van der Waals surface area contributed by atoms with Crippen LogP contribution >= 0.6 is 0 Å². The number of hydrogen-bond acceptors (Lipinski definition) is 2. The third kappa shape index (κ3) is 2.93. The van der Waals surface area contributed by atoms with E-state index < -0.39 is 0 Å². The summed E-state index contributed by atoms with van der Waals surface area (Å²) in [5, 5.41) is 6.04. The Morgan fingerprint density at radius 1 is 1.75 bits per heavy atom. The Kier molecular flexibility index (Phi) is 3.62. The highest BCUT2D eigenvalue weighted by atomic mass is 16.1. The minimum absolute atomic E-state index is 0.0376. The first-order valence-corrected chi connectivity index (χ1v) is 4.24. The number of carbonyl (C=O) groups excluding carboxylic acids is 1. The molecule has 3 nitrogen and oxygen atoms in total. The van der Waals surface area contributed by atoms with E-state index in [1.807, 2.05) is 0 Å². The van der Waals surface area contributed by atoms with Crippen molar-refractivity contribution in [2.24, 2.45) is 5.92 Å². The fourth-order valence-corrected chi connectivity index (χ4v) is 1.30. The second-order valence-electron chi connectivity index (χ2n) is 3.04. The van der Waals surface area contributed by atoms with Gasteiger partial charge in [0.25, 0.3) is 0 Å². The van der Waals surface area contributed by atoms with Crippen molar-refractivity contribution in [1.82, 2.24) is 10.6 Å². The van der Waals surface area contributed by atoms with E-state index in [0.717, 1.165) is 26.1 Å². The third-order valence-corrected chi connectivity index (χ3v) is 2.01. The van der Waals surface area contributed by atoms with Crippen molar-refractivity contribution in [1.29, 1.82) is 0 Å². The van der Waals surface area contributed by atoms with Gasteiger partial charge in [0.05, 0.1) is 6.42 Å². The fraction of sp³-hybridized carbons (Fsp3) is 0.667. The van der Waals surface area contributed by atoms with Gasteiger partial charge in [-0.3, -0.25) is 4.79 Å². The molecule has 0 aromatic carbocycles. The number of terminal acetylenes is 1. The van der Waals surface area contributed by atoms with Gasteiger partial charge in [0.15, 0.2) is 0 Å². The number of amides is 1. The standard InChI is InChI=1S/C9H14N2O/c1-2-3-9(12)11-7-8-4-5-10-6-8/h1,8,10H,3-7H2,(H,11,12). The topological polar surface area (TPSA) is 41.1 Å². The maximum atomic E-state index is 10.9. The molecule has 66 valence electrons. The molecular weight excluding hydrogens is 152 g/mol. The van der Waals surface area contributed by atoms with Crippen molar-refractivity contribution >= 4 is 5.91 Å². The quantitative estimate of drug-likeness (QED) is 0.567. The molecule has 0 radical (unpaired) electrons. The molecule has 1 aliphatic heterocycles.